The van der Waals surface area contributed by atoms with Crippen molar-refractivity contribution in [2.24, 2.45) is 0 Å². The lowest BCUT2D eigenvalue weighted by Crippen LogP contribution is -2.41. The minimum absolute atomic E-state index is 0.0128. The van der Waals surface area contributed by atoms with Crippen molar-refractivity contribution in [3.05, 3.63) is 70.0 Å². The third-order valence-corrected chi connectivity index (χ3v) is 6.66. The molecule has 0 N–H and O–H groups in total. The molecule has 0 saturated carbocycles. The van der Waals surface area contributed by atoms with Crippen molar-refractivity contribution in [1.82, 2.24) is 9.88 Å². The fraction of sp³-hybridized carbons (Fsp3) is 0.320. The van der Waals surface area contributed by atoms with Crippen molar-refractivity contribution in [1.29, 1.82) is 0 Å². The lowest BCUT2D eigenvalue weighted by Gasteiger charge is -2.34. The summed E-state index contributed by atoms with van der Waals surface area (Å²) in [5, 5.41) is 0.925. The number of nitrogens with zero attached hydrogens (tertiary/aromatic N) is 2. The minimum atomic E-state index is -0.373. The molecule has 2 heterocycles. The molecule has 0 aliphatic carbocycles. The summed E-state index contributed by atoms with van der Waals surface area (Å²) in [6, 6.07) is 16.6. The van der Waals surface area contributed by atoms with Gasteiger partial charge in [0.15, 0.2) is 6.61 Å². The number of ether oxygens (including phenoxy) is 2. The van der Waals surface area contributed by atoms with E-state index in [-0.39, 0.29) is 24.5 Å². The molecule has 1 atom stereocenters. The molecule has 6 nitrogen and oxygen atoms in total. The number of benzene rings is 2. The molecular weight excluding hydrogens is 424 g/mol. The number of thiazole rings is 1. The van der Waals surface area contributed by atoms with Crippen molar-refractivity contribution in [2.75, 3.05) is 20.3 Å². The van der Waals surface area contributed by atoms with E-state index in [9.17, 15) is 9.59 Å². The number of likely N-dealkylation sites (tertiary alicyclic amines) is 1. The molecule has 1 fully saturated rings. The zero-order valence-electron chi connectivity index (χ0n) is 18.2. The van der Waals surface area contributed by atoms with E-state index in [1.54, 1.807) is 23.5 Å². The van der Waals surface area contributed by atoms with E-state index in [2.05, 4.69) is 0 Å². The number of aromatic nitrogens is 1. The molecule has 1 saturated heterocycles. The minimum Gasteiger partial charge on any atom is -0.484 e. The first-order chi connectivity index (χ1) is 15.6. The molecule has 1 aliphatic rings. The molecule has 1 aromatic heterocycles. The summed E-state index contributed by atoms with van der Waals surface area (Å²) in [5.74, 6) is 0.287. The van der Waals surface area contributed by atoms with E-state index in [4.69, 9.17) is 14.5 Å². The summed E-state index contributed by atoms with van der Waals surface area (Å²) >= 11 is 1.61. The van der Waals surface area contributed by atoms with Crippen LogP contribution in [0, 0.1) is 6.92 Å². The maximum absolute atomic E-state index is 13.0. The molecule has 7 heteroatoms. The number of methoxy groups -OCH3 is 1. The van der Waals surface area contributed by atoms with Crippen LogP contribution in [0.4, 0.5) is 0 Å². The Balaban J connectivity index is 1.54. The SMILES string of the molecule is COC(=O)c1cccc(-c2nc([C@H]3CCCCN3C(=O)COc3ccccc3)sc2C)c1. The molecule has 166 valence electrons. The standard InChI is InChI=1S/C25H26N2O4S/c1-17-23(18-9-8-10-19(15-18)25(29)30-2)26-24(32-17)21-13-6-7-14-27(21)22(28)16-31-20-11-4-3-5-12-20/h3-5,8-12,15,21H,6-7,13-14,16H2,1-2H3/t21-/m1/s1. The number of para-hydroxylation sites is 1. The van der Waals surface area contributed by atoms with Crippen molar-refractivity contribution in [2.45, 2.75) is 32.2 Å². The Morgan fingerprint density at radius 3 is 2.72 bits per heavy atom. The number of aryl methyl sites for hydroxylation is 1. The quantitative estimate of drug-likeness (QED) is 0.492. The molecule has 4 rings (SSSR count). The Hall–Kier alpha value is -3.19. The Bertz CT molecular complexity index is 1100. The largest absolute Gasteiger partial charge is 0.484 e. The third kappa shape index (κ3) is 4.83. The smallest absolute Gasteiger partial charge is 0.337 e. The van der Waals surface area contributed by atoms with Crippen LogP contribution in [0.25, 0.3) is 11.3 Å². The molecule has 32 heavy (non-hydrogen) atoms. The van der Waals surface area contributed by atoms with E-state index in [1.165, 1.54) is 7.11 Å². The van der Waals surface area contributed by atoms with Gasteiger partial charge in [-0.2, -0.15) is 0 Å². The number of carbonyl (C=O) groups excluding carboxylic acids is 2. The van der Waals surface area contributed by atoms with Gasteiger partial charge in [-0.05, 0) is 50.5 Å². The van der Waals surface area contributed by atoms with Crippen LogP contribution in [0.15, 0.2) is 54.6 Å². The summed E-state index contributed by atoms with van der Waals surface area (Å²) < 4.78 is 10.5. The lowest BCUT2D eigenvalue weighted by molar-refractivity contribution is -0.137. The van der Waals surface area contributed by atoms with Crippen molar-refractivity contribution >= 4 is 23.2 Å². The fourth-order valence-corrected chi connectivity index (χ4v) is 5.06. The van der Waals surface area contributed by atoms with Gasteiger partial charge in [-0.3, -0.25) is 4.79 Å². The molecule has 0 spiro atoms. The van der Waals surface area contributed by atoms with Crippen LogP contribution in [0.3, 0.4) is 0 Å². The third-order valence-electron chi connectivity index (χ3n) is 5.58. The number of carbonyl (C=O) groups is 2. The highest BCUT2D eigenvalue weighted by Gasteiger charge is 2.31. The van der Waals surface area contributed by atoms with Gasteiger partial charge < -0.3 is 14.4 Å². The average Bonchev–Trinajstić information content (AvgIpc) is 3.24. The van der Waals surface area contributed by atoms with Crippen LogP contribution < -0.4 is 4.74 Å². The van der Waals surface area contributed by atoms with Gasteiger partial charge >= 0.3 is 5.97 Å². The number of rotatable bonds is 6. The van der Waals surface area contributed by atoms with E-state index in [0.29, 0.717) is 17.9 Å². The second-order valence-corrected chi connectivity index (χ2v) is 8.96. The van der Waals surface area contributed by atoms with Gasteiger partial charge in [0.2, 0.25) is 0 Å². The number of hydrogen-bond donors (Lipinski definition) is 0. The van der Waals surface area contributed by atoms with Crippen LogP contribution in [0.1, 0.15) is 45.5 Å². The van der Waals surface area contributed by atoms with Crippen LogP contribution >= 0.6 is 11.3 Å². The topological polar surface area (TPSA) is 68.7 Å². The summed E-state index contributed by atoms with van der Waals surface area (Å²) in [4.78, 5) is 32.8. The fourth-order valence-electron chi connectivity index (χ4n) is 3.97. The highest BCUT2D eigenvalue weighted by atomic mass is 32.1. The highest BCUT2D eigenvalue weighted by molar-refractivity contribution is 7.12. The van der Waals surface area contributed by atoms with Gasteiger partial charge in [0.25, 0.3) is 5.91 Å². The number of esters is 1. The molecule has 2 aromatic carbocycles. The Labute approximate surface area is 191 Å². The van der Waals surface area contributed by atoms with Crippen molar-refractivity contribution in [3.63, 3.8) is 0 Å². The zero-order valence-corrected chi connectivity index (χ0v) is 19.1. The van der Waals surface area contributed by atoms with Gasteiger partial charge in [-0.1, -0.05) is 30.3 Å². The lowest BCUT2D eigenvalue weighted by atomic mass is 10.0. The number of amides is 1. The zero-order chi connectivity index (χ0) is 22.5. The molecule has 0 bridgehead atoms. The predicted octanol–water partition coefficient (Wildman–Crippen LogP) is 5.04. The molecule has 0 unspecified atom stereocenters. The molecule has 0 radical (unpaired) electrons. The van der Waals surface area contributed by atoms with Crippen LogP contribution in [-0.4, -0.2) is 42.0 Å². The van der Waals surface area contributed by atoms with Crippen molar-refractivity contribution in [3.8, 4) is 17.0 Å². The number of hydrogen-bond acceptors (Lipinski definition) is 6. The second kappa shape index (κ2) is 9.96. The maximum atomic E-state index is 13.0. The van der Waals surface area contributed by atoms with Gasteiger partial charge in [0.1, 0.15) is 10.8 Å². The van der Waals surface area contributed by atoms with E-state index in [0.717, 1.165) is 40.4 Å². The summed E-state index contributed by atoms with van der Waals surface area (Å²) in [5.41, 5.74) is 2.20. The summed E-state index contributed by atoms with van der Waals surface area (Å²) in [6.45, 7) is 2.74. The van der Waals surface area contributed by atoms with Gasteiger partial charge in [0, 0.05) is 17.0 Å². The van der Waals surface area contributed by atoms with Crippen LogP contribution in [0.5, 0.6) is 5.75 Å². The molecule has 1 aliphatic heterocycles. The highest BCUT2D eigenvalue weighted by Crippen LogP contribution is 2.37. The second-order valence-electron chi connectivity index (χ2n) is 7.73. The van der Waals surface area contributed by atoms with E-state index < -0.39 is 0 Å². The first-order valence-corrected chi connectivity index (χ1v) is 11.5. The normalized spacial score (nSPS) is 15.9. The monoisotopic (exact) mass is 450 g/mol. The Kier molecular flexibility index (Phi) is 6.85. The maximum Gasteiger partial charge on any atom is 0.337 e. The first kappa shape index (κ1) is 22.0. The van der Waals surface area contributed by atoms with E-state index in [1.807, 2.05) is 54.3 Å². The number of piperidine rings is 1. The molecule has 1 amide bonds. The predicted molar refractivity (Wildman–Crippen MR) is 124 cm³/mol. The van der Waals surface area contributed by atoms with Gasteiger partial charge in [0.05, 0.1) is 24.4 Å². The molecule has 3 aromatic rings. The van der Waals surface area contributed by atoms with Gasteiger partial charge in [-0.15, -0.1) is 11.3 Å². The Morgan fingerprint density at radius 2 is 1.94 bits per heavy atom. The summed E-state index contributed by atoms with van der Waals surface area (Å²) in [6.07, 6.45) is 2.91. The first-order valence-electron chi connectivity index (χ1n) is 10.7. The van der Waals surface area contributed by atoms with Gasteiger partial charge in [-0.25, -0.2) is 9.78 Å². The summed E-state index contributed by atoms with van der Waals surface area (Å²) in [7, 11) is 1.37. The van der Waals surface area contributed by atoms with Crippen molar-refractivity contribution < 1.29 is 19.1 Å². The Morgan fingerprint density at radius 1 is 1.12 bits per heavy atom. The van der Waals surface area contributed by atoms with Crippen LogP contribution in [-0.2, 0) is 9.53 Å². The van der Waals surface area contributed by atoms with E-state index >= 15 is 0 Å². The van der Waals surface area contributed by atoms with Crippen LogP contribution in [0.2, 0.25) is 0 Å². The molecular formula is C25H26N2O4S. The average molecular weight is 451 g/mol.